The molecule has 1 aliphatic rings. The zero-order chi connectivity index (χ0) is 23.1. The predicted molar refractivity (Wildman–Crippen MR) is 125 cm³/mol. The van der Waals surface area contributed by atoms with Crippen LogP contribution in [-0.4, -0.2) is 42.4 Å². The third-order valence-electron chi connectivity index (χ3n) is 5.94. The number of rotatable bonds is 6. The van der Waals surface area contributed by atoms with Crippen molar-refractivity contribution in [2.24, 2.45) is 5.73 Å². The number of amides is 1. The number of pyridine rings is 1. The van der Waals surface area contributed by atoms with Gasteiger partial charge in [-0.2, -0.15) is 0 Å². The summed E-state index contributed by atoms with van der Waals surface area (Å²) in [6, 6.07) is 10.5. The van der Waals surface area contributed by atoms with E-state index in [2.05, 4.69) is 10.3 Å². The Kier molecular flexibility index (Phi) is 5.31. The third-order valence-corrected chi connectivity index (χ3v) is 5.94. The van der Waals surface area contributed by atoms with Crippen LogP contribution in [0.5, 0.6) is 0 Å². The van der Waals surface area contributed by atoms with Gasteiger partial charge in [0, 0.05) is 24.0 Å². The lowest BCUT2D eigenvalue weighted by molar-refractivity contribution is 0.100. The quantitative estimate of drug-likeness (QED) is 0.327. The number of primary amides is 1. The largest absolute Gasteiger partial charge is 0.488 e. The number of aromatic nitrogens is 4. The van der Waals surface area contributed by atoms with E-state index in [-0.39, 0.29) is 0 Å². The molecule has 166 valence electrons. The number of hydrogen-bond acceptors (Lipinski definition) is 7. The van der Waals surface area contributed by atoms with Crippen LogP contribution in [0.15, 0.2) is 42.6 Å². The first kappa shape index (κ1) is 21.1. The summed E-state index contributed by atoms with van der Waals surface area (Å²) in [5, 5.41) is 22.3. The minimum atomic E-state index is -1.51. The molecule has 3 aromatic heterocycles. The lowest BCUT2D eigenvalue weighted by Gasteiger charge is -2.13. The first-order valence-electron chi connectivity index (χ1n) is 10.8. The molecule has 1 aliphatic carbocycles. The minimum absolute atomic E-state index is 0.345. The molecule has 0 aliphatic heterocycles. The van der Waals surface area contributed by atoms with Gasteiger partial charge in [-0.3, -0.25) is 9.20 Å². The van der Waals surface area contributed by atoms with E-state index >= 15 is 0 Å². The van der Waals surface area contributed by atoms with Gasteiger partial charge in [-0.05, 0) is 49.3 Å². The smallest absolute Gasteiger partial charge is 0.423 e. The number of hydrogen-bond donors (Lipinski definition) is 4. The number of fused-ring (bicyclic) bond motifs is 2. The van der Waals surface area contributed by atoms with Gasteiger partial charge in [0.25, 0.3) is 5.91 Å². The fourth-order valence-electron chi connectivity index (χ4n) is 4.38. The molecular weight excluding hydrogens is 419 g/mol. The Morgan fingerprint density at radius 2 is 2.03 bits per heavy atom. The van der Waals surface area contributed by atoms with Gasteiger partial charge >= 0.3 is 7.12 Å². The van der Waals surface area contributed by atoms with E-state index in [1.807, 2.05) is 23.6 Å². The number of nitrogens with one attached hydrogen (secondary N) is 1. The van der Waals surface area contributed by atoms with Crippen LogP contribution in [-0.2, 0) is 19.4 Å². The Morgan fingerprint density at radius 3 is 2.82 bits per heavy atom. The highest BCUT2D eigenvalue weighted by atomic mass is 16.4. The molecule has 33 heavy (non-hydrogen) atoms. The Balaban J connectivity index is 1.56. The molecule has 0 saturated heterocycles. The van der Waals surface area contributed by atoms with Crippen molar-refractivity contribution < 1.29 is 14.8 Å². The standard InChI is InChI=1S/C23H23BN6O3/c1-13-19(30-10-4-8-17(20(25)31)23(30)27-13)22-28-18-9-3-7-16(18)21(29-22)26-12-14-5-2-6-15(11-14)24(32)33/h2,4-6,8,10-11,32-33H,3,7,9,12H2,1H3,(H2,25,31)(H,26,28,29). The predicted octanol–water partition coefficient (Wildman–Crippen LogP) is 0.979. The second-order valence-electron chi connectivity index (χ2n) is 8.17. The van der Waals surface area contributed by atoms with Gasteiger partial charge in [-0.25, -0.2) is 15.0 Å². The fourth-order valence-corrected chi connectivity index (χ4v) is 4.38. The van der Waals surface area contributed by atoms with Crippen LogP contribution in [0.25, 0.3) is 17.2 Å². The number of nitrogens with two attached hydrogens (primary N) is 1. The number of aryl methyl sites for hydroxylation is 2. The van der Waals surface area contributed by atoms with Crippen molar-refractivity contribution in [1.29, 1.82) is 0 Å². The molecule has 0 radical (unpaired) electrons. The SMILES string of the molecule is Cc1nc2c(C(N)=O)cccn2c1-c1nc2c(c(NCc3cccc(B(O)O)c3)n1)CCC2. The molecule has 3 heterocycles. The number of imidazole rings is 1. The van der Waals surface area contributed by atoms with Gasteiger partial charge in [-0.1, -0.05) is 24.3 Å². The van der Waals surface area contributed by atoms with Crippen molar-refractivity contribution >= 4 is 30.0 Å². The Bertz CT molecular complexity index is 1380. The summed E-state index contributed by atoms with van der Waals surface area (Å²) in [6.45, 7) is 2.34. The zero-order valence-electron chi connectivity index (χ0n) is 18.1. The Hall–Kier alpha value is -3.76. The van der Waals surface area contributed by atoms with Crippen LogP contribution in [0, 0.1) is 6.92 Å². The minimum Gasteiger partial charge on any atom is -0.423 e. The summed E-state index contributed by atoms with van der Waals surface area (Å²) >= 11 is 0. The van der Waals surface area contributed by atoms with Crippen LogP contribution in [0.1, 0.15) is 39.3 Å². The van der Waals surface area contributed by atoms with Gasteiger partial charge < -0.3 is 21.1 Å². The molecule has 0 saturated carbocycles. The van der Waals surface area contributed by atoms with Gasteiger partial charge in [0.2, 0.25) is 0 Å². The summed E-state index contributed by atoms with van der Waals surface area (Å²) < 4.78 is 1.81. The van der Waals surface area contributed by atoms with E-state index in [4.69, 9.17) is 15.7 Å². The molecule has 0 bridgehead atoms. The van der Waals surface area contributed by atoms with Crippen LogP contribution in [0.2, 0.25) is 0 Å². The molecule has 0 atom stereocenters. The topological polar surface area (TPSA) is 139 Å². The van der Waals surface area contributed by atoms with Gasteiger partial charge in [0.15, 0.2) is 5.82 Å². The summed E-state index contributed by atoms with van der Waals surface area (Å²) in [5.74, 6) is 0.747. The highest BCUT2D eigenvalue weighted by Gasteiger charge is 2.23. The van der Waals surface area contributed by atoms with Gasteiger partial charge in [-0.15, -0.1) is 0 Å². The van der Waals surface area contributed by atoms with Crippen molar-refractivity contribution in [1.82, 2.24) is 19.4 Å². The van der Waals surface area contributed by atoms with Crippen molar-refractivity contribution in [3.63, 3.8) is 0 Å². The van der Waals surface area contributed by atoms with Crippen LogP contribution in [0.4, 0.5) is 5.82 Å². The monoisotopic (exact) mass is 442 g/mol. The Morgan fingerprint density at radius 1 is 1.18 bits per heavy atom. The first-order chi connectivity index (χ1) is 15.9. The second-order valence-corrected chi connectivity index (χ2v) is 8.17. The molecule has 10 heteroatoms. The zero-order valence-corrected chi connectivity index (χ0v) is 18.1. The number of nitrogens with zero attached hydrogens (tertiary/aromatic N) is 4. The summed E-state index contributed by atoms with van der Waals surface area (Å²) in [4.78, 5) is 26.1. The lowest BCUT2D eigenvalue weighted by Crippen LogP contribution is -2.30. The van der Waals surface area contributed by atoms with Crippen molar-refractivity contribution in [3.8, 4) is 11.5 Å². The first-order valence-corrected chi connectivity index (χ1v) is 10.8. The fraction of sp³-hybridized carbons (Fsp3) is 0.217. The highest BCUT2D eigenvalue weighted by Crippen LogP contribution is 2.31. The van der Waals surface area contributed by atoms with Crippen molar-refractivity contribution in [2.75, 3.05) is 5.32 Å². The molecule has 9 nitrogen and oxygen atoms in total. The van der Waals surface area contributed by atoms with E-state index < -0.39 is 13.0 Å². The van der Waals surface area contributed by atoms with Crippen LogP contribution in [0.3, 0.4) is 0 Å². The van der Waals surface area contributed by atoms with Gasteiger partial charge in [0.05, 0.1) is 11.3 Å². The second kappa shape index (κ2) is 8.30. The van der Waals surface area contributed by atoms with Crippen molar-refractivity contribution in [3.05, 3.63) is 70.7 Å². The maximum absolute atomic E-state index is 11.9. The molecule has 0 fully saturated rings. The highest BCUT2D eigenvalue weighted by molar-refractivity contribution is 6.58. The normalized spacial score (nSPS) is 12.7. The van der Waals surface area contributed by atoms with E-state index in [9.17, 15) is 14.8 Å². The van der Waals surface area contributed by atoms with Crippen LogP contribution < -0.4 is 16.5 Å². The average molecular weight is 442 g/mol. The molecule has 5 N–H and O–H groups in total. The third kappa shape index (κ3) is 3.83. The lowest BCUT2D eigenvalue weighted by atomic mass is 9.79. The maximum Gasteiger partial charge on any atom is 0.488 e. The molecule has 0 unspecified atom stereocenters. The number of carbonyl (C=O) groups excluding carboxylic acids is 1. The van der Waals surface area contributed by atoms with E-state index in [0.29, 0.717) is 34.7 Å². The van der Waals surface area contributed by atoms with Crippen LogP contribution >= 0.6 is 0 Å². The number of carbonyl (C=O) groups is 1. The molecule has 1 aromatic carbocycles. The average Bonchev–Trinajstić information content (AvgIpc) is 3.40. The molecule has 4 aromatic rings. The summed E-state index contributed by atoms with van der Waals surface area (Å²) in [7, 11) is -1.51. The van der Waals surface area contributed by atoms with E-state index in [1.54, 1.807) is 30.3 Å². The molecule has 5 rings (SSSR count). The molecule has 1 amide bonds. The number of anilines is 1. The Labute approximate surface area is 190 Å². The summed E-state index contributed by atoms with van der Waals surface area (Å²) in [5.41, 5.74) is 11.2. The molecule has 0 spiro atoms. The van der Waals surface area contributed by atoms with Crippen molar-refractivity contribution in [2.45, 2.75) is 32.7 Å². The molecular formula is C23H23BN6O3. The van der Waals surface area contributed by atoms with Gasteiger partial charge in [0.1, 0.15) is 17.2 Å². The number of benzene rings is 1. The van der Waals surface area contributed by atoms with E-state index in [1.165, 1.54) is 0 Å². The van der Waals surface area contributed by atoms with E-state index in [0.717, 1.165) is 47.6 Å². The maximum atomic E-state index is 11.9. The summed E-state index contributed by atoms with van der Waals surface area (Å²) in [6.07, 6.45) is 4.60.